The molecule has 7 aliphatic rings. The molecule has 7 fully saturated rings. The summed E-state index contributed by atoms with van der Waals surface area (Å²) in [4.78, 5) is 0. The fourth-order valence-electron chi connectivity index (χ4n) is 11.1. The number of rotatable bonds is 6. The summed E-state index contributed by atoms with van der Waals surface area (Å²) in [6, 6.07) is 0. The number of allylic oxidation sites excluding steroid dienone is 4. The summed E-state index contributed by atoms with van der Waals surface area (Å²) in [5, 5.41) is 31.5. The SMILES string of the molecule is C[C@H](/C=C/C[C@H](O)C12CC3CC(CC(C3)C1)C2)C1CCC2/C(=C/C=C3C[C@@H](O)C[C@H](O)C3)CCCC21C. The van der Waals surface area contributed by atoms with E-state index in [1.165, 1.54) is 76.2 Å². The summed E-state index contributed by atoms with van der Waals surface area (Å²) >= 11 is 0. The van der Waals surface area contributed by atoms with Crippen LogP contribution in [0, 0.1) is 46.3 Å². The predicted molar refractivity (Wildman–Crippen MR) is 150 cm³/mol. The van der Waals surface area contributed by atoms with Crippen LogP contribution < -0.4 is 0 Å². The van der Waals surface area contributed by atoms with Crippen LogP contribution in [0.25, 0.3) is 0 Å². The molecule has 3 nitrogen and oxygen atoms in total. The van der Waals surface area contributed by atoms with Crippen LogP contribution in [0.2, 0.25) is 0 Å². The molecule has 206 valence electrons. The van der Waals surface area contributed by atoms with Gasteiger partial charge in [-0.05, 0) is 143 Å². The second-order valence-corrected chi connectivity index (χ2v) is 14.9. The van der Waals surface area contributed by atoms with Crippen LogP contribution in [0.3, 0.4) is 0 Å². The molecule has 0 amide bonds. The number of hydrogen-bond acceptors (Lipinski definition) is 3. The number of aliphatic hydroxyl groups excluding tert-OH is 3. The lowest BCUT2D eigenvalue weighted by atomic mass is 9.48. The van der Waals surface area contributed by atoms with Crippen molar-refractivity contribution in [2.45, 2.75) is 128 Å². The minimum Gasteiger partial charge on any atom is -0.393 e. The molecule has 0 aromatic heterocycles. The molecule has 7 atom stereocenters. The van der Waals surface area contributed by atoms with Crippen molar-refractivity contribution in [2.75, 3.05) is 0 Å². The van der Waals surface area contributed by atoms with E-state index in [9.17, 15) is 15.3 Å². The van der Waals surface area contributed by atoms with Crippen LogP contribution in [0.1, 0.15) is 110 Å². The van der Waals surface area contributed by atoms with E-state index in [0.29, 0.717) is 42.4 Å². The van der Waals surface area contributed by atoms with Gasteiger partial charge in [0.25, 0.3) is 0 Å². The third-order valence-electron chi connectivity index (χ3n) is 12.3. The average Bonchev–Trinajstić information content (AvgIpc) is 3.19. The Labute approximate surface area is 225 Å². The molecule has 7 saturated carbocycles. The van der Waals surface area contributed by atoms with Gasteiger partial charge in [0.05, 0.1) is 18.3 Å². The third kappa shape index (κ3) is 5.07. The lowest BCUT2D eigenvalue weighted by Gasteiger charge is -2.58. The van der Waals surface area contributed by atoms with Crippen LogP contribution in [0.4, 0.5) is 0 Å². The van der Waals surface area contributed by atoms with E-state index in [0.717, 1.165) is 24.2 Å². The number of hydrogen-bond donors (Lipinski definition) is 3. The maximum absolute atomic E-state index is 11.4. The minimum absolute atomic E-state index is 0.148. The van der Waals surface area contributed by atoms with E-state index in [2.05, 4.69) is 38.2 Å². The van der Waals surface area contributed by atoms with Gasteiger partial charge >= 0.3 is 0 Å². The Bertz CT molecular complexity index is 882. The molecule has 0 saturated heterocycles. The molecule has 0 aromatic rings. The quantitative estimate of drug-likeness (QED) is 0.335. The van der Waals surface area contributed by atoms with Crippen LogP contribution in [0.15, 0.2) is 35.5 Å². The van der Waals surface area contributed by atoms with Gasteiger partial charge in [0.2, 0.25) is 0 Å². The van der Waals surface area contributed by atoms with Crippen LogP contribution in [-0.4, -0.2) is 33.6 Å². The molecule has 0 heterocycles. The third-order valence-corrected chi connectivity index (χ3v) is 12.3. The van der Waals surface area contributed by atoms with Gasteiger partial charge in [0.1, 0.15) is 0 Å². The summed E-state index contributed by atoms with van der Waals surface area (Å²) < 4.78 is 0. The normalized spacial score (nSPS) is 48.0. The summed E-state index contributed by atoms with van der Waals surface area (Å²) in [5.74, 6) is 4.62. The van der Waals surface area contributed by atoms with Crippen molar-refractivity contribution in [3.05, 3.63) is 35.5 Å². The first-order valence-corrected chi connectivity index (χ1v) is 15.8. The standard InChI is InChI=1S/C34H52O3/c1-22(5-3-7-32(37)34-19-24-13-25(20-34)15-26(14-24)21-34)30-10-11-31-27(6-4-12-33(30,31)2)9-8-23-16-28(35)18-29(36)17-23/h3,5,8-9,22,24-26,28-32,35-37H,4,6-7,10-21H2,1-2H3/b5-3+,27-9+/t22-,24?,25?,26?,28-,29-,30?,31?,32+,33?,34?/m1/s1. The van der Waals surface area contributed by atoms with Gasteiger partial charge < -0.3 is 15.3 Å². The Kier molecular flexibility index (Phi) is 7.29. The molecule has 0 spiro atoms. The summed E-state index contributed by atoms with van der Waals surface area (Å²) in [7, 11) is 0. The topological polar surface area (TPSA) is 60.7 Å². The second-order valence-electron chi connectivity index (χ2n) is 14.9. The van der Waals surface area contributed by atoms with E-state index in [1.54, 1.807) is 5.57 Å². The van der Waals surface area contributed by atoms with Gasteiger partial charge in [-0.15, -0.1) is 0 Å². The van der Waals surface area contributed by atoms with Crippen LogP contribution in [0.5, 0.6) is 0 Å². The Hall–Kier alpha value is -0.900. The van der Waals surface area contributed by atoms with E-state index in [4.69, 9.17) is 0 Å². The van der Waals surface area contributed by atoms with Gasteiger partial charge in [-0.2, -0.15) is 0 Å². The first kappa shape index (κ1) is 26.3. The first-order chi connectivity index (χ1) is 17.7. The summed E-state index contributed by atoms with van der Waals surface area (Å²) in [6.45, 7) is 4.98. The Balaban J connectivity index is 1.09. The van der Waals surface area contributed by atoms with Crippen molar-refractivity contribution in [3.63, 3.8) is 0 Å². The largest absolute Gasteiger partial charge is 0.393 e. The molecule has 7 rings (SSSR count). The maximum Gasteiger partial charge on any atom is 0.0631 e. The number of fused-ring (bicyclic) bond motifs is 1. The molecule has 3 unspecified atom stereocenters. The van der Waals surface area contributed by atoms with E-state index >= 15 is 0 Å². The summed E-state index contributed by atoms with van der Waals surface area (Å²) in [5.41, 5.74) is 3.40. The van der Waals surface area contributed by atoms with Crippen molar-refractivity contribution < 1.29 is 15.3 Å². The smallest absolute Gasteiger partial charge is 0.0631 e. The Morgan fingerprint density at radius 1 is 0.919 bits per heavy atom. The molecular weight excluding hydrogens is 456 g/mol. The van der Waals surface area contributed by atoms with E-state index in [1.807, 2.05) is 0 Å². The zero-order chi connectivity index (χ0) is 25.8. The van der Waals surface area contributed by atoms with Gasteiger partial charge in [-0.1, -0.05) is 49.3 Å². The highest BCUT2D eigenvalue weighted by Crippen LogP contribution is 2.62. The molecule has 0 aromatic carbocycles. The molecular formula is C34H52O3. The van der Waals surface area contributed by atoms with Crippen molar-refractivity contribution in [2.24, 2.45) is 46.3 Å². The predicted octanol–water partition coefficient (Wildman–Crippen LogP) is 7.12. The van der Waals surface area contributed by atoms with Gasteiger partial charge in [0, 0.05) is 0 Å². The molecule has 0 aliphatic heterocycles. The number of aliphatic hydroxyl groups is 3. The maximum atomic E-state index is 11.4. The Morgan fingerprint density at radius 3 is 2.22 bits per heavy atom. The molecule has 4 bridgehead atoms. The lowest BCUT2D eigenvalue weighted by molar-refractivity contribution is -0.118. The highest BCUT2D eigenvalue weighted by Gasteiger charge is 2.54. The monoisotopic (exact) mass is 508 g/mol. The van der Waals surface area contributed by atoms with Crippen molar-refractivity contribution in [1.82, 2.24) is 0 Å². The summed E-state index contributed by atoms with van der Waals surface area (Å²) in [6.07, 6.45) is 25.8. The van der Waals surface area contributed by atoms with E-state index in [-0.39, 0.29) is 11.5 Å². The fourth-order valence-corrected chi connectivity index (χ4v) is 11.1. The van der Waals surface area contributed by atoms with Crippen molar-refractivity contribution in [1.29, 1.82) is 0 Å². The zero-order valence-electron chi connectivity index (χ0n) is 23.5. The minimum atomic E-state index is -0.394. The van der Waals surface area contributed by atoms with Crippen LogP contribution >= 0.6 is 0 Å². The second kappa shape index (κ2) is 10.3. The van der Waals surface area contributed by atoms with Crippen molar-refractivity contribution in [3.8, 4) is 0 Å². The molecule has 3 N–H and O–H groups in total. The first-order valence-electron chi connectivity index (χ1n) is 15.8. The molecule has 7 aliphatic carbocycles. The molecule has 37 heavy (non-hydrogen) atoms. The van der Waals surface area contributed by atoms with E-state index < -0.39 is 12.2 Å². The molecule has 3 heteroatoms. The Morgan fingerprint density at radius 2 is 1.57 bits per heavy atom. The lowest BCUT2D eigenvalue weighted by Crippen LogP contribution is -2.51. The fraction of sp³-hybridized carbons (Fsp3) is 0.824. The average molecular weight is 509 g/mol. The van der Waals surface area contributed by atoms with Gasteiger partial charge in [-0.3, -0.25) is 0 Å². The zero-order valence-corrected chi connectivity index (χ0v) is 23.5. The van der Waals surface area contributed by atoms with Crippen molar-refractivity contribution >= 4 is 0 Å². The van der Waals surface area contributed by atoms with Gasteiger partial charge in [-0.25, -0.2) is 0 Å². The highest BCUT2D eigenvalue weighted by molar-refractivity contribution is 5.26. The van der Waals surface area contributed by atoms with Crippen LogP contribution in [-0.2, 0) is 0 Å². The molecule has 0 radical (unpaired) electrons. The van der Waals surface area contributed by atoms with Gasteiger partial charge in [0.15, 0.2) is 0 Å². The highest BCUT2D eigenvalue weighted by atomic mass is 16.3.